The lowest BCUT2D eigenvalue weighted by molar-refractivity contribution is 0.0526. The molecule has 0 spiro atoms. The van der Waals surface area contributed by atoms with E-state index in [1.165, 1.54) is 28.6 Å². The van der Waals surface area contributed by atoms with Crippen molar-refractivity contribution in [2.75, 3.05) is 19.7 Å². The summed E-state index contributed by atoms with van der Waals surface area (Å²) in [5.41, 5.74) is 0.314. The molecule has 0 aliphatic carbocycles. The first-order chi connectivity index (χ1) is 9.95. The van der Waals surface area contributed by atoms with Gasteiger partial charge in [-0.1, -0.05) is 0 Å². The van der Waals surface area contributed by atoms with Gasteiger partial charge >= 0.3 is 5.97 Å². The highest BCUT2D eigenvalue weighted by Gasteiger charge is 2.29. The van der Waals surface area contributed by atoms with Crippen LogP contribution in [0.25, 0.3) is 0 Å². The van der Waals surface area contributed by atoms with Crippen molar-refractivity contribution >= 4 is 16.0 Å². The lowest BCUT2D eigenvalue weighted by Crippen LogP contribution is -2.42. The minimum absolute atomic E-state index is 0.113. The molecule has 1 aromatic rings. The number of hydrogen-bond donors (Lipinski definition) is 1. The Morgan fingerprint density at radius 3 is 2.62 bits per heavy atom. The molecule has 21 heavy (non-hydrogen) atoms. The molecule has 0 aromatic heterocycles. The highest BCUT2D eigenvalue weighted by atomic mass is 32.2. The van der Waals surface area contributed by atoms with Gasteiger partial charge in [-0.2, -0.15) is 4.31 Å². The van der Waals surface area contributed by atoms with Crippen LogP contribution in [0, 0.1) is 0 Å². The van der Waals surface area contributed by atoms with E-state index in [-0.39, 0.29) is 18.0 Å². The molecule has 116 valence electrons. The first kappa shape index (κ1) is 15.9. The van der Waals surface area contributed by atoms with Crippen LogP contribution in [0.15, 0.2) is 29.2 Å². The van der Waals surface area contributed by atoms with Gasteiger partial charge in [-0.15, -0.1) is 0 Å². The normalized spacial score (nSPS) is 20.2. The topological polar surface area (TPSA) is 83.9 Å². The highest BCUT2D eigenvalue weighted by molar-refractivity contribution is 7.89. The van der Waals surface area contributed by atoms with Crippen molar-refractivity contribution in [1.82, 2.24) is 4.31 Å². The second kappa shape index (κ2) is 6.55. The number of β-amino-alcohol motifs (C(OH)–C–C–N with tert-alkyl or cyclic N) is 1. The molecule has 1 unspecified atom stereocenters. The standard InChI is InChI=1S/C14H19NO5S/c1-2-20-14(17)11-5-7-13(8-6-11)21(18,19)15-9-3-4-12(16)10-15/h5-8,12,16H,2-4,9-10H2,1H3. The van der Waals surface area contributed by atoms with Gasteiger partial charge in [0.05, 0.1) is 23.2 Å². The number of aliphatic hydroxyl groups excluding tert-OH is 1. The van der Waals surface area contributed by atoms with Crippen molar-refractivity contribution in [3.8, 4) is 0 Å². The van der Waals surface area contributed by atoms with E-state index in [2.05, 4.69) is 0 Å². The number of nitrogens with zero attached hydrogens (tertiary/aromatic N) is 1. The van der Waals surface area contributed by atoms with Gasteiger partial charge in [-0.05, 0) is 44.0 Å². The van der Waals surface area contributed by atoms with Crippen LogP contribution in [0.2, 0.25) is 0 Å². The zero-order chi connectivity index (χ0) is 15.5. The quantitative estimate of drug-likeness (QED) is 0.839. The number of hydrogen-bond acceptors (Lipinski definition) is 5. The van der Waals surface area contributed by atoms with Gasteiger partial charge in [0.1, 0.15) is 0 Å². The monoisotopic (exact) mass is 313 g/mol. The van der Waals surface area contributed by atoms with Gasteiger partial charge in [0.25, 0.3) is 0 Å². The third-order valence-corrected chi connectivity index (χ3v) is 5.24. The molecule has 0 radical (unpaired) electrons. The Morgan fingerprint density at radius 1 is 1.38 bits per heavy atom. The Morgan fingerprint density at radius 2 is 2.05 bits per heavy atom. The maximum Gasteiger partial charge on any atom is 0.338 e. The van der Waals surface area contributed by atoms with Crippen LogP contribution >= 0.6 is 0 Å². The lowest BCUT2D eigenvalue weighted by atomic mass is 10.1. The molecular weight excluding hydrogens is 294 g/mol. The molecule has 0 bridgehead atoms. The van der Waals surface area contributed by atoms with Crippen molar-refractivity contribution < 1.29 is 23.1 Å². The largest absolute Gasteiger partial charge is 0.462 e. The molecule has 7 heteroatoms. The molecule has 1 aromatic carbocycles. The average Bonchev–Trinajstić information content (AvgIpc) is 2.47. The number of rotatable bonds is 4. The van der Waals surface area contributed by atoms with Gasteiger partial charge in [0.2, 0.25) is 10.0 Å². The van der Waals surface area contributed by atoms with Crippen molar-refractivity contribution in [1.29, 1.82) is 0 Å². The van der Waals surface area contributed by atoms with Crippen LogP contribution in [0.5, 0.6) is 0 Å². The zero-order valence-corrected chi connectivity index (χ0v) is 12.7. The fourth-order valence-corrected chi connectivity index (χ4v) is 3.78. The Bertz CT molecular complexity index is 596. The minimum Gasteiger partial charge on any atom is -0.462 e. The molecule has 1 aliphatic rings. The highest BCUT2D eigenvalue weighted by Crippen LogP contribution is 2.21. The van der Waals surface area contributed by atoms with E-state index in [0.717, 1.165) is 0 Å². The number of esters is 1. The van der Waals surface area contributed by atoms with E-state index in [9.17, 15) is 18.3 Å². The van der Waals surface area contributed by atoms with E-state index in [4.69, 9.17) is 4.74 Å². The molecule has 0 saturated carbocycles. The maximum absolute atomic E-state index is 12.4. The summed E-state index contributed by atoms with van der Waals surface area (Å²) in [6, 6.07) is 5.65. The molecule has 2 rings (SSSR count). The van der Waals surface area contributed by atoms with Crippen LogP contribution in [-0.2, 0) is 14.8 Å². The Hall–Kier alpha value is -1.44. The number of piperidine rings is 1. The second-order valence-corrected chi connectivity index (χ2v) is 6.84. The SMILES string of the molecule is CCOC(=O)c1ccc(S(=O)(=O)N2CCCC(O)C2)cc1. The number of carbonyl (C=O) groups is 1. The van der Waals surface area contributed by atoms with E-state index < -0.39 is 22.1 Å². The lowest BCUT2D eigenvalue weighted by Gasteiger charge is -2.29. The summed E-state index contributed by atoms with van der Waals surface area (Å²) in [6.07, 6.45) is 0.641. The fourth-order valence-electron chi connectivity index (χ4n) is 2.27. The van der Waals surface area contributed by atoms with Crippen molar-refractivity contribution in [2.45, 2.75) is 30.8 Å². The molecule has 0 amide bonds. The summed E-state index contributed by atoms with van der Waals surface area (Å²) in [7, 11) is -3.63. The Balaban J connectivity index is 2.19. The predicted molar refractivity (Wildman–Crippen MR) is 76.4 cm³/mol. The number of carbonyl (C=O) groups excluding carboxylic acids is 1. The third kappa shape index (κ3) is 3.61. The molecule has 1 heterocycles. The van der Waals surface area contributed by atoms with Crippen molar-refractivity contribution in [2.24, 2.45) is 0 Å². The van der Waals surface area contributed by atoms with Gasteiger partial charge in [-0.25, -0.2) is 13.2 Å². The molecule has 1 atom stereocenters. The summed E-state index contributed by atoms with van der Waals surface area (Å²) in [5.74, 6) is -0.477. The van der Waals surface area contributed by atoms with Crippen LogP contribution < -0.4 is 0 Å². The fraction of sp³-hybridized carbons (Fsp3) is 0.500. The van der Waals surface area contributed by atoms with Crippen LogP contribution in [-0.4, -0.2) is 49.6 Å². The average molecular weight is 313 g/mol. The number of sulfonamides is 1. The number of ether oxygens (including phenoxy) is 1. The van der Waals surface area contributed by atoms with Crippen LogP contribution in [0.3, 0.4) is 0 Å². The zero-order valence-electron chi connectivity index (χ0n) is 11.9. The number of aliphatic hydroxyl groups is 1. The first-order valence-electron chi connectivity index (χ1n) is 6.90. The van der Waals surface area contributed by atoms with E-state index >= 15 is 0 Å². The molecule has 1 saturated heterocycles. The van der Waals surface area contributed by atoms with Gasteiger partial charge < -0.3 is 9.84 Å². The van der Waals surface area contributed by atoms with E-state index in [1.807, 2.05) is 0 Å². The van der Waals surface area contributed by atoms with Gasteiger partial charge in [0, 0.05) is 13.1 Å². The molecule has 1 aliphatic heterocycles. The summed E-state index contributed by atoms with van der Waals surface area (Å²) < 4.78 is 31.0. The summed E-state index contributed by atoms with van der Waals surface area (Å²) >= 11 is 0. The van der Waals surface area contributed by atoms with Gasteiger partial charge in [0.15, 0.2) is 0 Å². The third-order valence-electron chi connectivity index (χ3n) is 3.36. The van der Waals surface area contributed by atoms with Crippen molar-refractivity contribution in [3.63, 3.8) is 0 Å². The molecule has 1 N–H and O–H groups in total. The summed E-state index contributed by atoms with van der Waals surface area (Å²) in [6.45, 7) is 2.49. The first-order valence-corrected chi connectivity index (χ1v) is 8.34. The Labute approximate surface area is 124 Å². The molecular formula is C14H19NO5S. The Kier molecular flexibility index (Phi) is 4.97. The number of benzene rings is 1. The summed E-state index contributed by atoms with van der Waals surface area (Å²) in [4.78, 5) is 11.7. The summed E-state index contributed by atoms with van der Waals surface area (Å²) in [5, 5.41) is 9.60. The van der Waals surface area contributed by atoms with Crippen LogP contribution in [0.1, 0.15) is 30.1 Å². The maximum atomic E-state index is 12.4. The van der Waals surface area contributed by atoms with E-state index in [1.54, 1.807) is 6.92 Å². The minimum atomic E-state index is -3.63. The predicted octanol–water partition coefficient (Wildman–Crippen LogP) is 1.01. The molecule has 6 nitrogen and oxygen atoms in total. The van der Waals surface area contributed by atoms with Gasteiger partial charge in [-0.3, -0.25) is 0 Å². The van der Waals surface area contributed by atoms with Crippen LogP contribution in [0.4, 0.5) is 0 Å². The smallest absolute Gasteiger partial charge is 0.338 e. The second-order valence-electron chi connectivity index (χ2n) is 4.90. The molecule has 1 fully saturated rings. The van der Waals surface area contributed by atoms with Crippen molar-refractivity contribution in [3.05, 3.63) is 29.8 Å². The van der Waals surface area contributed by atoms with E-state index in [0.29, 0.717) is 24.9 Å².